The first-order chi connectivity index (χ1) is 13.1. The van der Waals surface area contributed by atoms with E-state index < -0.39 is 0 Å². The molecule has 3 amide bonds. The van der Waals surface area contributed by atoms with Crippen LogP contribution in [0, 0.1) is 0 Å². The summed E-state index contributed by atoms with van der Waals surface area (Å²) in [5, 5.41) is 5.61. The van der Waals surface area contributed by atoms with Gasteiger partial charge in [0.05, 0.1) is 19.8 Å². The first kappa shape index (κ1) is 18.6. The zero-order chi connectivity index (χ0) is 19.2. The Morgan fingerprint density at radius 2 is 1.96 bits per heavy atom. The van der Waals surface area contributed by atoms with Crippen LogP contribution < -0.4 is 25.0 Å². The lowest BCUT2D eigenvalue weighted by Crippen LogP contribution is -2.39. The Kier molecular flexibility index (Phi) is 5.80. The number of hydrogen-bond acceptors (Lipinski definition) is 4. The largest absolute Gasteiger partial charge is 0.497 e. The van der Waals surface area contributed by atoms with Crippen LogP contribution in [0.3, 0.4) is 0 Å². The molecule has 1 aliphatic heterocycles. The van der Waals surface area contributed by atoms with E-state index in [9.17, 15) is 9.59 Å². The molecule has 2 aromatic carbocycles. The molecule has 1 heterocycles. The minimum Gasteiger partial charge on any atom is -0.497 e. The third-order valence-corrected chi connectivity index (χ3v) is 4.25. The van der Waals surface area contributed by atoms with Gasteiger partial charge in [0.25, 0.3) is 0 Å². The van der Waals surface area contributed by atoms with Gasteiger partial charge in [-0.15, -0.1) is 0 Å². The number of carbonyl (C=O) groups is 2. The van der Waals surface area contributed by atoms with Crippen molar-refractivity contribution in [3.63, 3.8) is 0 Å². The summed E-state index contributed by atoms with van der Waals surface area (Å²) in [4.78, 5) is 26.2. The average molecular weight is 369 g/mol. The molecule has 2 N–H and O–H groups in total. The molecule has 1 atom stereocenters. The molecular weight excluding hydrogens is 346 g/mol. The van der Waals surface area contributed by atoms with E-state index in [1.165, 1.54) is 0 Å². The smallest absolute Gasteiger partial charge is 0.319 e. The van der Waals surface area contributed by atoms with Gasteiger partial charge in [-0.05, 0) is 43.3 Å². The summed E-state index contributed by atoms with van der Waals surface area (Å²) in [5.41, 5.74) is 1.42. The molecule has 0 spiro atoms. The van der Waals surface area contributed by atoms with E-state index in [-0.39, 0.29) is 24.4 Å². The first-order valence-electron chi connectivity index (χ1n) is 8.84. The molecular formula is C20H23N3O4. The van der Waals surface area contributed by atoms with Crippen LogP contribution in [0.4, 0.5) is 16.2 Å². The molecule has 1 saturated heterocycles. The zero-order valence-electron chi connectivity index (χ0n) is 15.4. The lowest BCUT2D eigenvalue weighted by molar-refractivity contribution is -0.117. The normalized spacial score (nSPS) is 16.1. The molecule has 1 aliphatic rings. The molecule has 27 heavy (non-hydrogen) atoms. The molecule has 7 nitrogen and oxygen atoms in total. The van der Waals surface area contributed by atoms with E-state index >= 15 is 0 Å². The lowest BCUT2D eigenvalue weighted by Gasteiger charge is -2.18. The number of anilines is 2. The van der Waals surface area contributed by atoms with Gasteiger partial charge in [-0.2, -0.15) is 0 Å². The molecule has 1 fully saturated rings. The molecule has 142 valence electrons. The Morgan fingerprint density at radius 1 is 1.19 bits per heavy atom. The summed E-state index contributed by atoms with van der Waals surface area (Å²) in [6.07, 6.45) is 0.263. The van der Waals surface area contributed by atoms with Gasteiger partial charge in [0, 0.05) is 30.4 Å². The Morgan fingerprint density at radius 3 is 2.67 bits per heavy atom. The Balaban J connectivity index is 1.57. The van der Waals surface area contributed by atoms with Gasteiger partial charge in [-0.25, -0.2) is 4.79 Å². The first-order valence-corrected chi connectivity index (χ1v) is 8.84. The van der Waals surface area contributed by atoms with Crippen molar-refractivity contribution in [1.82, 2.24) is 5.32 Å². The van der Waals surface area contributed by atoms with E-state index in [1.807, 2.05) is 31.2 Å². The minimum absolute atomic E-state index is 0.0224. The molecule has 2 aromatic rings. The van der Waals surface area contributed by atoms with E-state index in [0.29, 0.717) is 24.6 Å². The van der Waals surface area contributed by atoms with Gasteiger partial charge >= 0.3 is 6.03 Å². The summed E-state index contributed by atoms with van der Waals surface area (Å²) in [6.45, 7) is 2.94. The van der Waals surface area contributed by atoms with Gasteiger partial charge in [0.2, 0.25) is 5.91 Å². The Bertz CT molecular complexity index is 807. The van der Waals surface area contributed by atoms with Gasteiger partial charge in [0.1, 0.15) is 11.5 Å². The second kappa shape index (κ2) is 8.44. The monoisotopic (exact) mass is 369 g/mol. The molecule has 7 heteroatoms. The van der Waals surface area contributed by atoms with E-state index in [1.54, 1.807) is 36.3 Å². The predicted octanol–water partition coefficient (Wildman–Crippen LogP) is 3.02. The fourth-order valence-electron chi connectivity index (χ4n) is 3.00. The van der Waals surface area contributed by atoms with Gasteiger partial charge in [-0.1, -0.05) is 6.07 Å². The minimum atomic E-state index is -0.352. The van der Waals surface area contributed by atoms with Crippen LogP contribution in [0.2, 0.25) is 0 Å². The van der Waals surface area contributed by atoms with Crippen molar-refractivity contribution >= 4 is 23.3 Å². The van der Waals surface area contributed by atoms with Crippen LogP contribution in [0.1, 0.15) is 13.3 Å². The lowest BCUT2D eigenvalue weighted by atomic mass is 10.2. The van der Waals surface area contributed by atoms with E-state index in [2.05, 4.69) is 10.6 Å². The van der Waals surface area contributed by atoms with Crippen molar-refractivity contribution in [3.8, 4) is 11.5 Å². The van der Waals surface area contributed by atoms with Crippen LogP contribution in [0.5, 0.6) is 11.5 Å². The fourth-order valence-corrected chi connectivity index (χ4v) is 3.00. The van der Waals surface area contributed by atoms with E-state index in [0.717, 1.165) is 11.4 Å². The number of amides is 3. The van der Waals surface area contributed by atoms with Crippen LogP contribution in [0.25, 0.3) is 0 Å². The third-order valence-electron chi connectivity index (χ3n) is 4.25. The van der Waals surface area contributed by atoms with Crippen LogP contribution in [-0.2, 0) is 4.79 Å². The summed E-state index contributed by atoms with van der Waals surface area (Å²) in [5.74, 6) is 1.40. The second-order valence-corrected chi connectivity index (χ2v) is 6.16. The number of hydrogen-bond donors (Lipinski definition) is 2. The van der Waals surface area contributed by atoms with Crippen molar-refractivity contribution in [3.05, 3.63) is 48.5 Å². The highest BCUT2D eigenvalue weighted by Crippen LogP contribution is 2.24. The zero-order valence-corrected chi connectivity index (χ0v) is 15.4. The fraction of sp³-hybridized carbons (Fsp3) is 0.300. The highest BCUT2D eigenvalue weighted by molar-refractivity contribution is 5.97. The number of urea groups is 1. The SMILES string of the molecule is CCOc1ccc(N2C[C@@H](NC(=O)Nc3cccc(OC)c3)CC2=O)cc1. The number of carbonyl (C=O) groups excluding carboxylic acids is 2. The number of nitrogens with zero attached hydrogens (tertiary/aromatic N) is 1. The maximum absolute atomic E-state index is 12.3. The van der Waals surface area contributed by atoms with E-state index in [4.69, 9.17) is 9.47 Å². The molecule has 0 aliphatic carbocycles. The summed E-state index contributed by atoms with van der Waals surface area (Å²) in [6, 6.07) is 13.9. The molecule has 0 aromatic heterocycles. The van der Waals surface area contributed by atoms with Crippen molar-refractivity contribution < 1.29 is 19.1 Å². The molecule has 0 radical (unpaired) electrons. The molecule has 0 bridgehead atoms. The van der Waals surface area contributed by atoms with Crippen LogP contribution in [0.15, 0.2) is 48.5 Å². The second-order valence-electron chi connectivity index (χ2n) is 6.16. The highest BCUT2D eigenvalue weighted by atomic mass is 16.5. The van der Waals surface area contributed by atoms with Gasteiger partial charge < -0.3 is 25.0 Å². The predicted molar refractivity (Wildman–Crippen MR) is 104 cm³/mol. The molecule has 0 unspecified atom stereocenters. The average Bonchev–Trinajstić information content (AvgIpc) is 3.02. The Hall–Kier alpha value is -3.22. The summed E-state index contributed by atoms with van der Waals surface area (Å²) >= 11 is 0. The van der Waals surface area contributed by atoms with Crippen LogP contribution in [-0.4, -0.2) is 38.2 Å². The summed E-state index contributed by atoms with van der Waals surface area (Å²) < 4.78 is 10.6. The van der Waals surface area contributed by atoms with Crippen molar-refractivity contribution in [1.29, 1.82) is 0 Å². The quantitative estimate of drug-likeness (QED) is 0.820. The number of methoxy groups -OCH3 is 1. The highest BCUT2D eigenvalue weighted by Gasteiger charge is 2.31. The topological polar surface area (TPSA) is 79.9 Å². The number of nitrogens with one attached hydrogen (secondary N) is 2. The van der Waals surface area contributed by atoms with Gasteiger partial charge in [0.15, 0.2) is 0 Å². The standard InChI is InChI=1S/C20H23N3O4/c1-3-27-17-9-7-16(8-10-17)23-13-15(12-19(23)24)22-20(25)21-14-5-4-6-18(11-14)26-2/h4-11,15H,3,12-13H2,1-2H3,(H2,21,22,25)/t15-/m0/s1. The maximum atomic E-state index is 12.3. The maximum Gasteiger partial charge on any atom is 0.319 e. The summed E-state index contributed by atoms with van der Waals surface area (Å²) in [7, 11) is 1.57. The number of rotatable bonds is 6. The van der Waals surface area contributed by atoms with Crippen molar-refractivity contribution in [2.45, 2.75) is 19.4 Å². The van der Waals surface area contributed by atoms with Crippen molar-refractivity contribution in [2.75, 3.05) is 30.5 Å². The van der Waals surface area contributed by atoms with Gasteiger partial charge in [-0.3, -0.25) is 4.79 Å². The third kappa shape index (κ3) is 4.69. The molecule has 3 rings (SSSR count). The number of ether oxygens (including phenoxy) is 2. The Labute approximate surface area is 158 Å². The molecule has 0 saturated carbocycles. The van der Waals surface area contributed by atoms with Crippen molar-refractivity contribution in [2.24, 2.45) is 0 Å². The number of benzene rings is 2. The van der Waals surface area contributed by atoms with Crippen LogP contribution >= 0.6 is 0 Å².